The first-order valence-electron chi connectivity index (χ1n) is 6.21. The number of nitrogens with one attached hydrogen (secondary N) is 1. The fraction of sp³-hybridized carbons (Fsp3) is 0.429. The number of amides is 1. The van der Waals surface area contributed by atoms with Gasteiger partial charge < -0.3 is 15.8 Å². The van der Waals surface area contributed by atoms with E-state index >= 15 is 0 Å². The number of ether oxygens (including phenoxy) is 1. The maximum atomic E-state index is 11.8. The maximum absolute atomic E-state index is 11.8. The molecule has 5 nitrogen and oxygen atoms in total. The maximum Gasteiger partial charge on any atom is 0.241 e. The molecular weight excluding hydrogens is 244 g/mol. The molecule has 0 aliphatic heterocycles. The third-order valence-corrected chi connectivity index (χ3v) is 2.76. The number of methoxy groups -OCH3 is 1. The van der Waals surface area contributed by atoms with Gasteiger partial charge in [0.1, 0.15) is 0 Å². The van der Waals surface area contributed by atoms with Gasteiger partial charge in [0, 0.05) is 25.0 Å². The summed E-state index contributed by atoms with van der Waals surface area (Å²) in [6.45, 7) is 2.09. The highest BCUT2D eigenvalue weighted by Gasteiger charge is 2.13. The van der Waals surface area contributed by atoms with E-state index in [0.29, 0.717) is 24.3 Å². The van der Waals surface area contributed by atoms with Gasteiger partial charge in [-0.05, 0) is 44.0 Å². The van der Waals surface area contributed by atoms with Crippen LogP contribution in [0.15, 0.2) is 24.3 Å². The molecule has 0 fully saturated rings. The Labute approximate surface area is 113 Å². The van der Waals surface area contributed by atoms with Crippen molar-refractivity contribution in [1.29, 1.82) is 0 Å². The zero-order valence-corrected chi connectivity index (χ0v) is 11.3. The van der Waals surface area contributed by atoms with E-state index in [9.17, 15) is 9.59 Å². The lowest BCUT2D eigenvalue weighted by Crippen LogP contribution is -2.35. The van der Waals surface area contributed by atoms with E-state index in [1.54, 1.807) is 31.4 Å². The summed E-state index contributed by atoms with van der Waals surface area (Å²) in [5, 5.41) is 2.72. The predicted octanol–water partition coefficient (Wildman–Crippen LogP) is 1.58. The molecule has 0 aliphatic rings. The Kier molecular flexibility index (Phi) is 6.18. The average Bonchev–Trinajstić information content (AvgIpc) is 2.39. The number of benzene rings is 1. The van der Waals surface area contributed by atoms with Crippen molar-refractivity contribution in [3.05, 3.63) is 29.8 Å². The van der Waals surface area contributed by atoms with Crippen LogP contribution in [-0.2, 0) is 9.53 Å². The minimum atomic E-state index is -0.553. The van der Waals surface area contributed by atoms with E-state index in [1.165, 1.54) is 6.92 Å². The summed E-state index contributed by atoms with van der Waals surface area (Å²) < 4.78 is 4.91. The topological polar surface area (TPSA) is 81.4 Å². The van der Waals surface area contributed by atoms with E-state index in [-0.39, 0.29) is 11.7 Å². The Bertz CT molecular complexity index is 429. The molecule has 104 valence electrons. The highest BCUT2D eigenvalue weighted by Crippen LogP contribution is 2.10. The van der Waals surface area contributed by atoms with E-state index in [1.807, 2.05) is 0 Å². The lowest BCUT2D eigenvalue weighted by molar-refractivity contribution is -0.117. The third kappa shape index (κ3) is 5.19. The van der Waals surface area contributed by atoms with Crippen LogP contribution in [-0.4, -0.2) is 31.4 Å². The van der Waals surface area contributed by atoms with Crippen LogP contribution in [0.3, 0.4) is 0 Å². The highest BCUT2D eigenvalue weighted by atomic mass is 16.5. The molecule has 1 rings (SSSR count). The zero-order chi connectivity index (χ0) is 14.3. The quantitative estimate of drug-likeness (QED) is 0.578. The largest absolute Gasteiger partial charge is 0.385 e. The molecule has 1 atom stereocenters. The first-order valence-corrected chi connectivity index (χ1v) is 6.21. The van der Waals surface area contributed by atoms with Gasteiger partial charge in [-0.15, -0.1) is 0 Å². The molecule has 0 aromatic heterocycles. The molecule has 0 heterocycles. The molecule has 0 saturated heterocycles. The molecule has 0 radical (unpaired) electrons. The van der Waals surface area contributed by atoms with E-state index in [2.05, 4.69) is 5.32 Å². The molecule has 1 amide bonds. The lowest BCUT2D eigenvalue weighted by Gasteiger charge is -2.12. The van der Waals surface area contributed by atoms with Gasteiger partial charge in [0.15, 0.2) is 5.78 Å². The smallest absolute Gasteiger partial charge is 0.241 e. The van der Waals surface area contributed by atoms with Gasteiger partial charge in [-0.2, -0.15) is 0 Å². The molecule has 0 bridgehead atoms. The molecule has 1 aromatic rings. The Morgan fingerprint density at radius 2 is 1.95 bits per heavy atom. The van der Waals surface area contributed by atoms with E-state index in [0.717, 1.165) is 6.42 Å². The molecule has 3 N–H and O–H groups in total. The molecule has 19 heavy (non-hydrogen) atoms. The number of Topliss-reactive ketones (excluding diaryl/α,β-unsaturated/α-hetero) is 1. The van der Waals surface area contributed by atoms with Crippen LogP contribution in [0, 0.1) is 0 Å². The SMILES string of the molecule is COCCCC(N)C(=O)Nc1ccc(C(C)=O)cc1. The zero-order valence-electron chi connectivity index (χ0n) is 11.3. The van der Waals surface area contributed by atoms with Crippen LogP contribution in [0.25, 0.3) is 0 Å². The summed E-state index contributed by atoms with van der Waals surface area (Å²) in [4.78, 5) is 22.9. The minimum Gasteiger partial charge on any atom is -0.385 e. The summed E-state index contributed by atoms with van der Waals surface area (Å²) in [5.41, 5.74) is 7.01. The van der Waals surface area contributed by atoms with Crippen molar-refractivity contribution >= 4 is 17.4 Å². The number of carbonyl (C=O) groups is 2. The van der Waals surface area contributed by atoms with Crippen LogP contribution in [0.4, 0.5) is 5.69 Å². The van der Waals surface area contributed by atoms with Crippen molar-refractivity contribution in [2.24, 2.45) is 5.73 Å². The van der Waals surface area contributed by atoms with Crippen LogP contribution in [0.5, 0.6) is 0 Å². The monoisotopic (exact) mass is 264 g/mol. The number of carbonyl (C=O) groups excluding carboxylic acids is 2. The number of nitrogens with two attached hydrogens (primary N) is 1. The standard InChI is InChI=1S/C14H20N2O3/c1-10(17)11-5-7-12(8-6-11)16-14(18)13(15)4-3-9-19-2/h5-8,13H,3-4,9,15H2,1-2H3,(H,16,18). The number of ketones is 1. The molecule has 5 heteroatoms. The highest BCUT2D eigenvalue weighted by molar-refractivity contribution is 5.96. The summed E-state index contributed by atoms with van der Waals surface area (Å²) in [7, 11) is 1.61. The van der Waals surface area contributed by atoms with Crippen molar-refractivity contribution in [1.82, 2.24) is 0 Å². The van der Waals surface area contributed by atoms with E-state index < -0.39 is 6.04 Å². The van der Waals surface area contributed by atoms with Gasteiger partial charge in [0.2, 0.25) is 5.91 Å². The number of anilines is 1. The number of hydrogen-bond donors (Lipinski definition) is 2. The molecule has 0 spiro atoms. The van der Waals surface area contributed by atoms with Crippen molar-refractivity contribution in [3.63, 3.8) is 0 Å². The lowest BCUT2D eigenvalue weighted by atomic mass is 10.1. The number of hydrogen-bond acceptors (Lipinski definition) is 4. The van der Waals surface area contributed by atoms with Crippen molar-refractivity contribution in [2.45, 2.75) is 25.8 Å². The second-order valence-electron chi connectivity index (χ2n) is 4.36. The second-order valence-corrected chi connectivity index (χ2v) is 4.36. The normalized spacial score (nSPS) is 11.9. The fourth-order valence-electron chi connectivity index (χ4n) is 1.60. The Hall–Kier alpha value is -1.72. The van der Waals surface area contributed by atoms with E-state index in [4.69, 9.17) is 10.5 Å². The first kappa shape index (κ1) is 15.3. The second kappa shape index (κ2) is 7.66. The minimum absolute atomic E-state index is 0.00542. The Morgan fingerprint density at radius 3 is 2.47 bits per heavy atom. The summed E-state index contributed by atoms with van der Waals surface area (Å²) in [5.74, 6) is -0.235. The molecule has 0 aliphatic carbocycles. The fourth-order valence-corrected chi connectivity index (χ4v) is 1.60. The van der Waals surface area contributed by atoms with Crippen molar-refractivity contribution in [2.75, 3.05) is 19.0 Å². The summed E-state index contributed by atoms with van der Waals surface area (Å²) >= 11 is 0. The molecule has 1 aromatic carbocycles. The Morgan fingerprint density at radius 1 is 1.32 bits per heavy atom. The number of rotatable bonds is 7. The van der Waals surface area contributed by atoms with Gasteiger partial charge in [0.05, 0.1) is 6.04 Å². The molecule has 0 saturated carbocycles. The summed E-state index contributed by atoms with van der Waals surface area (Å²) in [6, 6.07) is 6.18. The van der Waals surface area contributed by atoms with Crippen LogP contribution in [0.1, 0.15) is 30.1 Å². The van der Waals surface area contributed by atoms with Gasteiger partial charge in [-0.1, -0.05) is 0 Å². The van der Waals surface area contributed by atoms with Crippen LogP contribution in [0.2, 0.25) is 0 Å². The predicted molar refractivity (Wildman–Crippen MR) is 74.2 cm³/mol. The molecular formula is C14H20N2O3. The average molecular weight is 264 g/mol. The Balaban J connectivity index is 2.49. The van der Waals surface area contributed by atoms with Gasteiger partial charge in [-0.25, -0.2) is 0 Å². The van der Waals surface area contributed by atoms with Crippen LogP contribution < -0.4 is 11.1 Å². The van der Waals surface area contributed by atoms with Crippen molar-refractivity contribution < 1.29 is 14.3 Å². The van der Waals surface area contributed by atoms with Gasteiger partial charge in [0.25, 0.3) is 0 Å². The van der Waals surface area contributed by atoms with Gasteiger partial charge in [-0.3, -0.25) is 9.59 Å². The van der Waals surface area contributed by atoms with Crippen molar-refractivity contribution in [3.8, 4) is 0 Å². The third-order valence-electron chi connectivity index (χ3n) is 2.76. The first-order chi connectivity index (χ1) is 9.04. The summed E-state index contributed by atoms with van der Waals surface area (Å²) in [6.07, 6.45) is 1.32. The van der Waals surface area contributed by atoms with Gasteiger partial charge >= 0.3 is 0 Å². The van der Waals surface area contributed by atoms with Crippen LogP contribution >= 0.6 is 0 Å². The molecule has 1 unspecified atom stereocenters.